The van der Waals surface area contributed by atoms with E-state index in [9.17, 15) is 9.59 Å². The largest absolute Gasteiger partial charge is 0.353 e. The number of nitrogens with one attached hydrogen (secondary N) is 1. The highest BCUT2D eigenvalue weighted by Crippen LogP contribution is 2.71. The lowest BCUT2D eigenvalue weighted by Crippen LogP contribution is -2.56. The summed E-state index contributed by atoms with van der Waals surface area (Å²) in [5.74, 6) is 5.03. The summed E-state index contributed by atoms with van der Waals surface area (Å²) in [7, 11) is 4.06. The Morgan fingerprint density at radius 3 is 2.41 bits per heavy atom. The Morgan fingerprint density at radius 2 is 1.67 bits per heavy atom. The highest BCUT2D eigenvalue weighted by atomic mass is 16.7. The van der Waals surface area contributed by atoms with E-state index in [2.05, 4.69) is 45.0 Å². The van der Waals surface area contributed by atoms with Gasteiger partial charge in [0, 0.05) is 32.0 Å². The molecule has 2 amide bonds. The molecule has 0 aromatic carbocycles. The van der Waals surface area contributed by atoms with Gasteiger partial charge in [-0.2, -0.15) is 0 Å². The molecule has 260 valence electrons. The smallest absolute Gasteiger partial charge is 0.231 e. The Morgan fingerprint density at radius 1 is 0.913 bits per heavy atom. The third kappa shape index (κ3) is 5.78. The fourth-order valence-electron chi connectivity index (χ4n) is 12.8. The maximum absolute atomic E-state index is 13.1. The molecule has 0 radical (unpaired) electrons. The molecule has 0 aromatic heterocycles. The van der Waals surface area contributed by atoms with Gasteiger partial charge in [-0.3, -0.25) is 9.59 Å². The van der Waals surface area contributed by atoms with E-state index in [0.717, 1.165) is 69.7 Å². The first-order chi connectivity index (χ1) is 21.9. The maximum atomic E-state index is 13.1. The number of amides is 2. The number of fused-ring (bicyclic) bond motifs is 7. The fourth-order valence-corrected chi connectivity index (χ4v) is 12.8. The van der Waals surface area contributed by atoms with Crippen LogP contribution in [0.15, 0.2) is 0 Å². The molecular formula is C39H65N3O4. The summed E-state index contributed by atoms with van der Waals surface area (Å²) in [6, 6.07) is 0.211. The lowest BCUT2D eigenvalue weighted by atomic mass is 9.44. The average Bonchev–Trinajstić information content (AvgIpc) is 3.47. The first kappa shape index (κ1) is 33.3. The van der Waals surface area contributed by atoms with Crippen LogP contribution < -0.4 is 5.32 Å². The molecule has 1 N–H and O–H groups in total. The first-order valence-corrected chi connectivity index (χ1v) is 19.5. The summed E-state index contributed by atoms with van der Waals surface area (Å²) in [5.41, 5.74) is 0.728. The second-order valence-electron chi connectivity index (χ2n) is 18.2. The van der Waals surface area contributed by atoms with E-state index in [4.69, 9.17) is 9.47 Å². The van der Waals surface area contributed by atoms with Crippen LogP contribution in [0.1, 0.15) is 118 Å². The fraction of sp³-hybridized carbons (Fsp3) is 0.949. The molecule has 3 aliphatic heterocycles. The molecule has 4 saturated carbocycles. The van der Waals surface area contributed by atoms with E-state index in [-0.39, 0.29) is 30.1 Å². The van der Waals surface area contributed by atoms with Crippen LogP contribution in [0.5, 0.6) is 0 Å². The van der Waals surface area contributed by atoms with Gasteiger partial charge in [0.05, 0.1) is 12.7 Å². The zero-order valence-electron chi connectivity index (χ0n) is 30.0. The van der Waals surface area contributed by atoms with Crippen molar-refractivity contribution in [1.82, 2.24) is 15.1 Å². The number of carbonyl (C=O) groups is 2. The minimum Gasteiger partial charge on any atom is -0.353 e. The predicted octanol–water partition coefficient (Wildman–Crippen LogP) is 6.50. The standard InChI is InChI=1S/C39H65N3O4/c1-25-9-17-39(45-24-25)26(2)36-33(46-39)22-32-30-8-7-28-21-29(10-15-37(28,3)31(30)11-16-38(32,36)4)40-34(43)23-35(44)42(6)20-14-27-12-18-41(5)19-13-27/h25-33,36H,7-24H2,1-6H3,(H,40,43)/t25-,26-,28+,29?,30+,31?,32-,33-,36-,37-,38-,39+/m0/s1. The summed E-state index contributed by atoms with van der Waals surface area (Å²) in [6.45, 7) is 13.9. The average molecular weight is 640 g/mol. The van der Waals surface area contributed by atoms with Gasteiger partial charge in [-0.25, -0.2) is 0 Å². The summed E-state index contributed by atoms with van der Waals surface area (Å²) >= 11 is 0. The van der Waals surface area contributed by atoms with Crippen LogP contribution in [0.4, 0.5) is 0 Å². The molecule has 7 aliphatic rings. The zero-order valence-corrected chi connectivity index (χ0v) is 30.0. The quantitative estimate of drug-likeness (QED) is 0.336. The van der Waals surface area contributed by atoms with Crippen molar-refractivity contribution >= 4 is 11.8 Å². The van der Waals surface area contributed by atoms with E-state index in [1.807, 2.05) is 7.05 Å². The van der Waals surface area contributed by atoms with Crippen molar-refractivity contribution in [2.24, 2.45) is 58.2 Å². The molecule has 7 fully saturated rings. The molecule has 1 spiro atoms. The topological polar surface area (TPSA) is 71.1 Å². The van der Waals surface area contributed by atoms with E-state index < -0.39 is 0 Å². The third-order valence-corrected chi connectivity index (χ3v) is 15.7. The molecule has 12 atom stereocenters. The predicted molar refractivity (Wildman–Crippen MR) is 181 cm³/mol. The monoisotopic (exact) mass is 639 g/mol. The summed E-state index contributed by atoms with van der Waals surface area (Å²) < 4.78 is 13.5. The number of hydrogen-bond acceptors (Lipinski definition) is 5. The molecule has 7 rings (SSSR count). The first-order valence-electron chi connectivity index (χ1n) is 19.5. The number of carbonyl (C=O) groups excluding carboxylic acids is 2. The number of nitrogens with zero attached hydrogens (tertiary/aromatic N) is 2. The second-order valence-corrected chi connectivity index (χ2v) is 18.2. The van der Waals surface area contributed by atoms with Gasteiger partial charge >= 0.3 is 0 Å². The zero-order chi connectivity index (χ0) is 32.4. The van der Waals surface area contributed by atoms with Crippen molar-refractivity contribution in [3.63, 3.8) is 0 Å². The van der Waals surface area contributed by atoms with Crippen molar-refractivity contribution in [2.75, 3.05) is 40.3 Å². The minimum absolute atomic E-state index is 0.0124. The lowest BCUT2D eigenvalue weighted by Gasteiger charge is -2.61. The molecule has 7 nitrogen and oxygen atoms in total. The number of rotatable bonds is 6. The van der Waals surface area contributed by atoms with Gasteiger partial charge in [-0.1, -0.05) is 27.7 Å². The van der Waals surface area contributed by atoms with Gasteiger partial charge < -0.3 is 24.6 Å². The number of piperidine rings is 1. The minimum atomic E-state index is -0.328. The van der Waals surface area contributed by atoms with E-state index in [0.29, 0.717) is 46.5 Å². The molecule has 0 aromatic rings. The number of ether oxygens (including phenoxy) is 2. The summed E-state index contributed by atoms with van der Waals surface area (Å²) in [5, 5.41) is 3.32. The van der Waals surface area contributed by atoms with Crippen LogP contribution in [-0.2, 0) is 19.1 Å². The lowest BCUT2D eigenvalue weighted by molar-refractivity contribution is -0.273. The van der Waals surface area contributed by atoms with Crippen molar-refractivity contribution < 1.29 is 19.1 Å². The molecule has 3 saturated heterocycles. The Bertz CT molecular complexity index is 1130. The molecule has 46 heavy (non-hydrogen) atoms. The van der Waals surface area contributed by atoms with Crippen LogP contribution in [0.25, 0.3) is 0 Å². The highest BCUT2D eigenvalue weighted by Gasteiger charge is 2.69. The Hall–Kier alpha value is -1.18. The Balaban J connectivity index is 0.914. The van der Waals surface area contributed by atoms with Crippen LogP contribution in [0.3, 0.4) is 0 Å². The molecule has 0 bridgehead atoms. The molecule has 3 heterocycles. The molecule has 7 heteroatoms. The van der Waals surface area contributed by atoms with Gasteiger partial charge in [0.2, 0.25) is 11.8 Å². The molecule has 4 aliphatic carbocycles. The molecular weight excluding hydrogens is 574 g/mol. The van der Waals surface area contributed by atoms with Crippen molar-refractivity contribution in [3.05, 3.63) is 0 Å². The van der Waals surface area contributed by atoms with Crippen molar-refractivity contribution in [3.8, 4) is 0 Å². The molecule has 2 unspecified atom stereocenters. The van der Waals surface area contributed by atoms with Gasteiger partial charge in [0.25, 0.3) is 0 Å². The van der Waals surface area contributed by atoms with Gasteiger partial charge in [0.1, 0.15) is 6.42 Å². The van der Waals surface area contributed by atoms with Gasteiger partial charge in [-0.05, 0) is 149 Å². The van der Waals surface area contributed by atoms with Crippen molar-refractivity contribution in [1.29, 1.82) is 0 Å². The van der Waals surface area contributed by atoms with Crippen LogP contribution >= 0.6 is 0 Å². The van der Waals surface area contributed by atoms with E-state index >= 15 is 0 Å². The van der Waals surface area contributed by atoms with E-state index in [1.165, 1.54) is 57.8 Å². The maximum Gasteiger partial charge on any atom is 0.231 e. The summed E-state index contributed by atoms with van der Waals surface area (Å²) in [4.78, 5) is 30.1. The third-order valence-electron chi connectivity index (χ3n) is 15.7. The van der Waals surface area contributed by atoms with Crippen LogP contribution in [0, 0.1) is 58.2 Å². The normalized spacial score (nSPS) is 47.5. The summed E-state index contributed by atoms with van der Waals surface area (Å²) in [6.07, 6.45) is 16.0. The Kier molecular flexibility index (Phi) is 9.14. The number of hydrogen-bond donors (Lipinski definition) is 1. The van der Waals surface area contributed by atoms with Gasteiger partial charge in [0.15, 0.2) is 5.79 Å². The van der Waals surface area contributed by atoms with Crippen LogP contribution in [0.2, 0.25) is 0 Å². The van der Waals surface area contributed by atoms with E-state index in [1.54, 1.807) is 4.90 Å². The van der Waals surface area contributed by atoms with Gasteiger partial charge in [-0.15, -0.1) is 0 Å². The Labute approximate surface area is 279 Å². The SMILES string of the molecule is C[C@H]1CC[C@@]2(OC1)O[C@H]1C[C@H]3[C@@H]4CC[C@@H]5CC(NC(=O)CC(=O)N(C)CCC6CCN(C)CC6)CC[C@]5(C)C4CC[C@]3(C)[C@H]1[C@@H]2C. The van der Waals surface area contributed by atoms with Crippen molar-refractivity contribution in [2.45, 2.75) is 136 Å². The number of likely N-dealkylation sites (tertiary alicyclic amines) is 1. The van der Waals surface area contributed by atoms with Crippen LogP contribution in [-0.4, -0.2) is 79.9 Å². The second kappa shape index (κ2) is 12.6. The highest BCUT2D eigenvalue weighted by molar-refractivity contribution is 5.96.